The predicted octanol–water partition coefficient (Wildman–Crippen LogP) is 5.94. The Kier molecular flexibility index (Phi) is 8.73. The standard InChI is InChI=1S/C23H29FO3/c1-8-27-23(25)22(24)16(3)11-9-10-15(2)12-13-20-17(4)14-21(26-7)19(6)18(20)5/h9-14H,8H2,1-7H3/b11-9+,13-12+,15-10+,22-16-. The van der Waals surface area contributed by atoms with Crippen LogP contribution < -0.4 is 4.74 Å². The highest BCUT2D eigenvalue weighted by molar-refractivity contribution is 5.87. The van der Waals surface area contributed by atoms with Crippen LogP contribution in [-0.4, -0.2) is 19.7 Å². The van der Waals surface area contributed by atoms with Crippen LogP contribution in [0.25, 0.3) is 6.08 Å². The minimum atomic E-state index is -0.930. The molecule has 0 spiro atoms. The molecule has 1 aromatic rings. The lowest BCUT2D eigenvalue weighted by Gasteiger charge is -2.13. The second-order valence-corrected chi connectivity index (χ2v) is 6.38. The summed E-state index contributed by atoms with van der Waals surface area (Å²) in [6.45, 7) is 11.5. The van der Waals surface area contributed by atoms with Crippen molar-refractivity contribution in [3.8, 4) is 5.75 Å². The Hall–Kier alpha value is -2.62. The van der Waals surface area contributed by atoms with Crippen LogP contribution in [0, 0.1) is 20.8 Å². The summed E-state index contributed by atoms with van der Waals surface area (Å²) in [5.41, 5.74) is 5.85. The average molecular weight is 372 g/mol. The number of methoxy groups -OCH3 is 1. The molecule has 4 heteroatoms. The van der Waals surface area contributed by atoms with Crippen molar-refractivity contribution in [3.05, 3.63) is 69.6 Å². The highest BCUT2D eigenvalue weighted by Gasteiger charge is 2.11. The predicted molar refractivity (Wildman–Crippen MR) is 110 cm³/mol. The fourth-order valence-electron chi connectivity index (χ4n) is 2.58. The molecular formula is C23H29FO3. The molecule has 1 aromatic carbocycles. The third-order valence-electron chi connectivity index (χ3n) is 4.35. The first-order valence-electron chi connectivity index (χ1n) is 8.94. The largest absolute Gasteiger partial charge is 0.496 e. The fourth-order valence-corrected chi connectivity index (χ4v) is 2.58. The van der Waals surface area contributed by atoms with Crippen molar-refractivity contribution < 1.29 is 18.7 Å². The molecule has 0 amide bonds. The van der Waals surface area contributed by atoms with E-state index in [9.17, 15) is 9.18 Å². The van der Waals surface area contributed by atoms with Crippen molar-refractivity contribution >= 4 is 12.0 Å². The van der Waals surface area contributed by atoms with E-state index < -0.39 is 11.8 Å². The van der Waals surface area contributed by atoms with Crippen molar-refractivity contribution in [2.24, 2.45) is 0 Å². The maximum atomic E-state index is 13.8. The van der Waals surface area contributed by atoms with Crippen LogP contribution in [0.5, 0.6) is 5.75 Å². The lowest BCUT2D eigenvalue weighted by molar-refractivity contribution is -0.140. The van der Waals surface area contributed by atoms with Crippen molar-refractivity contribution in [1.82, 2.24) is 0 Å². The van der Waals surface area contributed by atoms with Gasteiger partial charge in [-0.1, -0.05) is 36.0 Å². The molecule has 0 aromatic heterocycles. The number of benzene rings is 1. The number of hydrogen-bond donors (Lipinski definition) is 0. The van der Waals surface area contributed by atoms with E-state index in [0.29, 0.717) is 0 Å². The first-order valence-corrected chi connectivity index (χ1v) is 8.94. The van der Waals surface area contributed by atoms with Crippen LogP contribution in [-0.2, 0) is 9.53 Å². The molecule has 3 nitrogen and oxygen atoms in total. The van der Waals surface area contributed by atoms with Gasteiger partial charge >= 0.3 is 5.97 Å². The molecule has 1 rings (SSSR count). The third-order valence-corrected chi connectivity index (χ3v) is 4.35. The van der Waals surface area contributed by atoms with Gasteiger partial charge in [-0.25, -0.2) is 4.79 Å². The minimum Gasteiger partial charge on any atom is -0.496 e. The topological polar surface area (TPSA) is 35.5 Å². The number of allylic oxidation sites excluding steroid dienone is 6. The van der Waals surface area contributed by atoms with E-state index in [1.165, 1.54) is 12.5 Å². The molecule has 146 valence electrons. The van der Waals surface area contributed by atoms with Crippen molar-refractivity contribution in [2.75, 3.05) is 13.7 Å². The number of aryl methyl sites for hydroxylation is 1. The average Bonchev–Trinajstić information content (AvgIpc) is 2.63. The zero-order chi connectivity index (χ0) is 20.6. The van der Waals surface area contributed by atoms with Crippen LogP contribution >= 0.6 is 0 Å². The van der Waals surface area contributed by atoms with Gasteiger partial charge in [-0.3, -0.25) is 0 Å². The molecule has 0 aliphatic carbocycles. The highest BCUT2D eigenvalue weighted by Crippen LogP contribution is 2.28. The summed E-state index contributed by atoms with van der Waals surface area (Å²) >= 11 is 0. The van der Waals surface area contributed by atoms with Gasteiger partial charge in [0.25, 0.3) is 0 Å². The number of halogens is 1. The Bertz CT molecular complexity index is 811. The maximum Gasteiger partial charge on any atom is 0.367 e. The van der Waals surface area contributed by atoms with E-state index in [1.54, 1.807) is 26.2 Å². The van der Waals surface area contributed by atoms with Crippen LogP contribution in [0.3, 0.4) is 0 Å². The van der Waals surface area contributed by atoms with E-state index in [-0.39, 0.29) is 12.2 Å². The second-order valence-electron chi connectivity index (χ2n) is 6.38. The molecule has 0 bridgehead atoms. The Balaban J connectivity index is 2.96. The smallest absolute Gasteiger partial charge is 0.367 e. The molecule has 27 heavy (non-hydrogen) atoms. The van der Waals surface area contributed by atoms with E-state index in [1.807, 2.05) is 32.1 Å². The summed E-state index contributed by atoms with van der Waals surface area (Å²) in [7, 11) is 1.68. The van der Waals surface area contributed by atoms with Crippen LogP contribution in [0.1, 0.15) is 43.0 Å². The number of carbonyl (C=O) groups is 1. The van der Waals surface area contributed by atoms with Gasteiger partial charge in [-0.15, -0.1) is 0 Å². The second kappa shape index (κ2) is 10.5. The zero-order valence-corrected chi connectivity index (χ0v) is 17.3. The van der Waals surface area contributed by atoms with Gasteiger partial charge in [0.05, 0.1) is 13.7 Å². The van der Waals surface area contributed by atoms with E-state index in [2.05, 4.69) is 24.7 Å². The maximum absolute atomic E-state index is 13.8. The Morgan fingerprint density at radius 2 is 1.81 bits per heavy atom. The van der Waals surface area contributed by atoms with Crippen LogP contribution in [0.2, 0.25) is 0 Å². The summed E-state index contributed by atoms with van der Waals surface area (Å²) in [5.74, 6) is -0.904. The van der Waals surface area contributed by atoms with E-state index in [4.69, 9.17) is 4.74 Å². The number of ether oxygens (including phenoxy) is 2. The van der Waals surface area contributed by atoms with E-state index >= 15 is 0 Å². The molecule has 0 atom stereocenters. The molecule has 0 fully saturated rings. The molecule has 0 heterocycles. The molecule has 0 saturated carbocycles. The summed E-state index contributed by atoms with van der Waals surface area (Å²) in [6.07, 6.45) is 9.20. The summed E-state index contributed by atoms with van der Waals surface area (Å²) in [4.78, 5) is 11.4. The molecule has 0 radical (unpaired) electrons. The normalized spacial score (nSPS) is 13.3. The first-order chi connectivity index (χ1) is 12.7. The minimum absolute atomic E-state index is 0.150. The monoisotopic (exact) mass is 372 g/mol. The van der Waals surface area contributed by atoms with Gasteiger partial charge in [0, 0.05) is 0 Å². The molecule has 0 saturated heterocycles. The first kappa shape index (κ1) is 22.4. The summed E-state index contributed by atoms with van der Waals surface area (Å²) in [5, 5.41) is 0. The highest BCUT2D eigenvalue weighted by atomic mass is 19.1. The van der Waals surface area contributed by atoms with Gasteiger partial charge in [-0.2, -0.15) is 4.39 Å². The van der Waals surface area contributed by atoms with Gasteiger partial charge in [-0.05, 0) is 75.4 Å². The quantitative estimate of drug-likeness (QED) is 0.337. The Morgan fingerprint density at radius 1 is 1.15 bits per heavy atom. The molecule has 0 unspecified atom stereocenters. The Labute approximate surface area is 161 Å². The SMILES string of the molecule is CCOC(=O)/C(F)=C(C)/C=C/C=C(C)/C=C/c1c(C)cc(OC)c(C)c1C. The zero-order valence-electron chi connectivity index (χ0n) is 17.3. The molecule has 0 aliphatic rings. The van der Waals surface area contributed by atoms with Gasteiger partial charge in [0.2, 0.25) is 5.83 Å². The van der Waals surface area contributed by atoms with Crippen molar-refractivity contribution in [2.45, 2.75) is 41.5 Å². The summed E-state index contributed by atoms with van der Waals surface area (Å²) < 4.78 is 23.8. The number of carbonyl (C=O) groups excluding carboxylic acids is 1. The number of esters is 1. The Morgan fingerprint density at radius 3 is 2.41 bits per heavy atom. The molecular weight excluding hydrogens is 343 g/mol. The van der Waals surface area contributed by atoms with Crippen LogP contribution in [0.15, 0.2) is 47.3 Å². The molecule has 0 aliphatic heterocycles. The lowest BCUT2D eigenvalue weighted by Crippen LogP contribution is -2.05. The number of rotatable bonds is 7. The fraction of sp³-hybridized carbons (Fsp3) is 0.348. The van der Waals surface area contributed by atoms with Crippen molar-refractivity contribution in [3.63, 3.8) is 0 Å². The van der Waals surface area contributed by atoms with E-state index in [0.717, 1.165) is 28.0 Å². The lowest BCUT2D eigenvalue weighted by atomic mass is 9.96. The van der Waals surface area contributed by atoms with Crippen LogP contribution in [0.4, 0.5) is 4.39 Å². The van der Waals surface area contributed by atoms with Gasteiger partial charge in [0.1, 0.15) is 5.75 Å². The number of hydrogen-bond acceptors (Lipinski definition) is 3. The van der Waals surface area contributed by atoms with Gasteiger partial charge in [0.15, 0.2) is 0 Å². The van der Waals surface area contributed by atoms with Crippen molar-refractivity contribution in [1.29, 1.82) is 0 Å². The van der Waals surface area contributed by atoms with Gasteiger partial charge < -0.3 is 9.47 Å². The third kappa shape index (κ3) is 6.24. The summed E-state index contributed by atoms with van der Waals surface area (Å²) in [6, 6.07) is 2.03. The molecule has 0 N–H and O–H groups in total.